The molecule has 0 bridgehead atoms. The van der Waals surface area contributed by atoms with Crippen molar-refractivity contribution in [3.05, 3.63) is 24.5 Å². The maximum Gasteiger partial charge on any atom is 0.243 e. The van der Waals surface area contributed by atoms with Crippen LogP contribution >= 0.6 is 24.8 Å². The van der Waals surface area contributed by atoms with E-state index >= 15 is 0 Å². The number of carbonyl (C=O) groups is 2. The fourth-order valence-electron chi connectivity index (χ4n) is 2.21. The molecule has 1 aromatic rings. The van der Waals surface area contributed by atoms with Crippen LogP contribution in [0.3, 0.4) is 0 Å². The van der Waals surface area contributed by atoms with Gasteiger partial charge in [0.05, 0.1) is 24.0 Å². The largest absolute Gasteiger partial charge is 0.345 e. The summed E-state index contributed by atoms with van der Waals surface area (Å²) < 4.78 is 0. The molecule has 0 aromatic carbocycles. The quantitative estimate of drug-likeness (QED) is 0.771. The van der Waals surface area contributed by atoms with E-state index in [0.717, 1.165) is 12.8 Å². The molecular weight excluding hydrogens is 315 g/mol. The van der Waals surface area contributed by atoms with Gasteiger partial charge in [0.2, 0.25) is 11.8 Å². The van der Waals surface area contributed by atoms with Gasteiger partial charge in [0.25, 0.3) is 0 Å². The van der Waals surface area contributed by atoms with Crippen molar-refractivity contribution in [2.24, 2.45) is 5.73 Å². The van der Waals surface area contributed by atoms with E-state index in [2.05, 4.69) is 15.6 Å². The van der Waals surface area contributed by atoms with Gasteiger partial charge in [-0.25, -0.2) is 0 Å². The second-order valence-electron chi connectivity index (χ2n) is 4.84. The lowest BCUT2D eigenvalue weighted by Crippen LogP contribution is -2.53. The first-order valence-electron chi connectivity index (χ1n) is 6.37. The standard InChI is InChI=1S/C13H18N4O2.2ClH/c14-13(5-1-2-6-13)12(19)16-9-11(18)17-10-4-3-7-15-8-10;;/h3-4,7-8H,1-2,5-6,9,14H2,(H,16,19)(H,17,18);2*1H. The summed E-state index contributed by atoms with van der Waals surface area (Å²) in [4.78, 5) is 27.4. The van der Waals surface area contributed by atoms with Crippen molar-refractivity contribution in [3.63, 3.8) is 0 Å². The number of carbonyl (C=O) groups excluding carboxylic acids is 2. The number of anilines is 1. The molecular formula is C13H20Cl2N4O2. The summed E-state index contributed by atoms with van der Waals surface area (Å²) in [5, 5.41) is 5.23. The molecule has 0 saturated heterocycles. The van der Waals surface area contributed by atoms with Gasteiger partial charge in [-0.05, 0) is 25.0 Å². The Hall–Kier alpha value is -1.37. The molecule has 6 nitrogen and oxygen atoms in total. The zero-order valence-corrected chi connectivity index (χ0v) is 13.1. The first-order chi connectivity index (χ1) is 9.10. The molecule has 1 aromatic heterocycles. The predicted octanol–water partition coefficient (Wildman–Crippen LogP) is 1.25. The van der Waals surface area contributed by atoms with Crippen molar-refractivity contribution in [2.75, 3.05) is 11.9 Å². The third kappa shape index (κ3) is 5.49. The molecule has 0 unspecified atom stereocenters. The summed E-state index contributed by atoms with van der Waals surface area (Å²) in [6, 6.07) is 3.45. The van der Waals surface area contributed by atoms with Crippen LogP contribution in [0.4, 0.5) is 5.69 Å². The Balaban J connectivity index is 0.00000200. The van der Waals surface area contributed by atoms with Gasteiger partial charge in [-0.3, -0.25) is 14.6 Å². The molecule has 0 spiro atoms. The monoisotopic (exact) mass is 334 g/mol. The number of nitrogens with zero attached hydrogens (tertiary/aromatic N) is 1. The van der Waals surface area contributed by atoms with Gasteiger partial charge in [-0.1, -0.05) is 12.8 Å². The highest BCUT2D eigenvalue weighted by atomic mass is 35.5. The lowest BCUT2D eigenvalue weighted by molar-refractivity contribution is -0.128. The number of hydrogen-bond acceptors (Lipinski definition) is 4. The Kier molecular flexibility index (Phi) is 8.24. The van der Waals surface area contributed by atoms with E-state index < -0.39 is 5.54 Å². The molecule has 2 rings (SSSR count). The summed E-state index contributed by atoms with van der Waals surface area (Å²) in [5.74, 6) is -0.533. The van der Waals surface area contributed by atoms with E-state index in [4.69, 9.17) is 5.73 Å². The van der Waals surface area contributed by atoms with Crippen LogP contribution in [-0.4, -0.2) is 28.9 Å². The third-order valence-corrected chi connectivity index (χ3v) is 3.30. The molecule has 0 radical (unpaired) electrons. The summed E-state index contributed by atoms with van der Waals surface area (Å²) in [7, 11) is 0. The normalized spacial score (nSPS) is 15.3. The van der Waals surface area contributed by atoms with Crippen LogP contribution in [0.25, 0.3) is 0 Å². The summed E-state index contributed by atoms with van der Waals surface area (Å²) in [5.41, 5.74) is 5.79. The Labute approximate surface area is 136 Å². The fraction of sp³-hybridized carbons (Fsp3) is 0.462. The fourth-order valence-corrected chi connectivity index (χ4v) is 2.21. The van der Waals surface area contributed by atoms with E-state index in [-0.39, 0.29) is 43.2 Å². The molecule has 1 saturated carbocycles. The highest BCUT2D eigenvalue weighted by Gasteiger charge is 2.36. The molecule has 1 heterocycles. The minimum atomic E-state index is -0.797. The highest BCUT2D eigenvalue weighted by molar-refractivity contribution is 5.96. The lowest BCUT2D eigenvalue weighted by atomic mass is 9.98. The molecule has 1 fully saturated rings. The van der Waals surface area contributed by atoms with Gasteiger partial charge in [0.1, 0.15) is 0 Å². The van der Waals surface area contributed by atoms with Crippen molar-refractivity contribution >= 4 is 42.3 Å². The van der Waals surface area contributed by atoms with Gasteiger partial charge in [-0.15, -0.1) is 24.8 Å². The van der Waals surface area contributed by atoms with E-state index in [9.17, 15) is 9.59 Å². The highest BCUT2D eigenvalue weighted by Crippen LogP contribution is 2.27. The first-order valence-corrected chi connectivity index (χ1v) is 6.37. The van der Waals surface area contributed by atoms with Gasteiger partial charge >= 0.3 is 0 Å². The van der Waals surface area contributed by atoms with Gasteiger partial charge in [0.15, 0.2) is 0 Å². The van der Waals surface area contributed by atoms with Crippen LogP contribution in [0.5, 0.6) is 0 Å². The zero-order chi connectivity index (χ0) is 13.7. The van der Waals surface area contributed by atoms with Crippen molar-refractivity contribution in [3.8, 4) is 0 Å². The molecule has 21 heavy (non-hydrogen) atoms. The minimum absolute atomic E-state index is 0. The molecule has 0 atom stereocenters. The maximum atomic E-state index is 11.9. The number of halogens is 2. The second-order valence-corrected chi connectivity index (χ2v) is 4.84. The van der Waals surface area contributed by atoms with Crippen LogP contribution in [0.2, 0.25) is 0 Å². The molecule has 1 aliphatic carbocycles. The summed E-state index contributed by atoms with van der Waals surface area (Å²) in [6.07, 6.45) is 6.46. The van der Waals surface area contributed by atoms with Gasteiger partial charge < -0.3 is 16.4 Å². The van der Waals surface area contributed by atoms with Crippen molar-refractivity contribution in [1.29, 1.82) is 0 Å². The minimum Gasteiger partial charge on any atom is -0.345 e. The molecule has 8 heteroatoms. The smallest absolute Gasteiger partial charge is 0.243 e. The van der Waals surface area contributed by atoms with E-state index in [0.29, 0.717) is 18.5 Å². The van der Waals surface area contributed by atoms with Crippen molar-refractivity contribution in [1.82, 2.24) is 10.3 Å². The van der Waals surface area contributed by atoms with Crippen molar-refractivity contribution < 1.29 is 9.59 Å². The lowest BCUT2D eigenvalue weighted by Gasteiger charge is -2.21. The number of pyridine rings is 1. The zero-order valence-electron chi connectivity index (χ0n) is 11.5. The molecule has 4 N–H and O–H groups in total. The van der Waals surface area contributed by atoms with Crippen LogP contribution in [0.1, 0.15) is 25.7 Å². The maximum absolute atomic E-state index is 11.9. The number of nitrogens with one attached hydrogen (secondary N) is 2. The number of nitrogens with two attached hydrogens (primary N) is 1. The Bertz CT molecular complexity index is 464. The van der Waals surface area contributed by atoms with Gasteiger partial charge in [-0.2, -0.15) is 0 Å². The Morgan fingerprint density at radius 3 is 2.52 bits per heavy atom. The SMILES string of the molecule is Cl.Cl.NC1(C(=O)NCC(=O)Nc2cccnc2)CCCC1. The van der Waals surface area contributed by atoms with E-state index in [1.165, 1.54) is 0 Å². The molecule has 0 aliphatic heterocycles. The molecule has 1 aliphatic rings. The average molecular weight is 335 g/mol. The number of aromatic nitrogens is 1. The Morgan fingerprint density at radius 1 is 1.29 bits per heavy atom. The Morgan fingerprint density at radius 2 is 1.95 bits per heavy atom. The number of hydrogen-bond donors (Lipinski definition) is 3. The van der Waals surface area contributed by atoms with Crippen LogP contribution in [0, 0.1) is 0 Å². The van der Waals surface area contributed by atoms with E-state index in [1.54, 1.807) is 24.5 Å². The summed E-state index contributed by atoms with van der Waals surface area (Å²) >= 11 is 0. The summed E-state index contributed by atoms with van der Waals surface area (Å²) in [6.45, 7) is -0.0767. The second kappa shape index (κ2) is 8.81. The van der Waals surface area contributed by atoms with Crippen LogP contribution in [0.15, 0.2) is 24.5 Å². The topological polar surface area (TPSA) is 97.1 Å². The first kappa shape index (κ1) is 19.6. The molecule has 118 valence electrons. The molecule has 2 amide bonds. The number of rotatable bonds is 4. The van der Waals surface area contributed by atoms with Crippen LogP contribution in [-0.2, 0) is 9.59 Å². The predicted molar refractivity (Wildman–Crippen MR) is 85.8 cm³/mol. The van der Waals surface area contributed by atoms with Crippen LogP contribution < -0.4 is 16.4 Å². The van der Waals surface area contributed by atoms with Gasteiger partial charge in [0, 0.05) is 6.20 Å². The van der Waals surface area contributed by atoms with Crippen molar-refractivity contribution in [2.45, 2.75) is 31.2 Å². The average Bonchev–Trinajstić information content (AvgIpc) is 2.85. The number of amides is 2. The third-order valence-electron chi connectivity index (χ3n) is 3.30. The van der Waals surface area contributed by atoms with E-state index in [1.807, 2.05) is 0 Å².